The van der Waals surface area contributed by atoms with Gasteiger partial charge in [-0.2, -0.15) is 13.2 Å². The summed E-state index contributed by atoms with van der Waals surface area (Å²) in [5.41, 5.74) is 5.49. The highest BCUT2D eigenvalue weighted by Gasteiger charge is 2.30. The lowest BCUT2D eigenvalue weighted by Crippen LogP contribution is -2.46. The summed E-state index contributed by atoms with van der Waals surface area (Å²) in [5, 5.41) is 2.63. The van der Waals surface area contributed by atoms with Crippen LogP contribution in [0.3, 0.4) is 0 Å². The number of rotatable bonds is 2. The molecule has 0 bridgehead atoms. The molecule has 0 saturated carbocycles. The number of hydrogen-bond acceptors (Lipinski definition) is 2. The highest BCUT2D eigenvalue weighted by molar-refractivity contribution is 5.89. The number of hydrogen-bond donors (Lipinski definition) is 2. The van der Waals surface area contributed by atoms with Gasteiger partial charge in [0.1, 0.15) is 0 Å². The average Bonchev–Trinajstić information content (AvgIpc) is 2.47. The zero-order valence-corrected chi connectivity index (χ0v) is 12.4. The van der Waals surface area contributed by atoms with Gasteiger partial charge in [-0.05, 0) is 49.9 Å². The van der Waals surface area contributed by atoms with Crippen LogP contribution in [0.2, 0.25) is 0 Å². The van der Waals surface area contributed by atoms with Gasteiger partial charge in [-0.3, -0.25) is 0 Å². The van der Waals surface area contributed by atoms with Crippen LogP contribution in [0.5, 0.6) is 0 Å². The molecule has 1 aromatic carbocycles. The van der Waals surface area contributed by atoms with Crippen LogP contribution in [0.4, 0.5) is 23.7 Å². The van der Waals surface area contributed by atoms with Crippen molar-refractivity contribution in [3.63, 3.8) is 0 Å². The highest BCUT2D eigenvalue weighted by Crippen LogP contribution is 2.30. The zero-order valence-electron chi connectivity index (χ0n) is 12.4. The van der Waals surface area contributed by atoms with Crippen molar-refractivity contribution < 1.29 is 18.0 Å². The van der Waals surface area contributed by atoms with Gasteiger partial charge in [0.15, 0.2) is 0 Å². The van der Waals surface area contributed by atoms with Gasteiger partial charge in [-0.25, -0.2) is 4.79 Å². The summed E-state index contributed by atoms with van der Waals surface area (Å²) in [5.74, 6) is 0.257. The van der Waals surface area contributed by atoms with Crippen LogP contribution in [0.1, 0.15) is 25.3 Å². The Bertz CT molecular complexity index is 514. The average molecular weight is 315 g/mol. The molecule has 0 aromatic heterocycles. The van der Waals surface area contributed by atoms with Crippen molar-refractivity contribution in [3.05, 3.63) is 29.8 Å². The molecule has 4 nitrogen and oxygen atoms in total. The molecule has 122 valence electrons. The minimum Gasteiger partial charge on any atom is -0.328 e. The molecular weight excluding hydrogens is 295 g/mol. The Morgan fingerprint density at radius 3 is 2.55 bits per heavy atom. The van der Waals surface area contributed by atoms with Crippen molar-refractivity contribution in [1.29, 1.82) is 0 Å². The maximum Gasteiger partial charge on any atom is 0.416 e. The third-order valence-electron chi connectivity index (χ3n) is 3.95. The van der Waals surface area contributed by atoms with Crippen LogP contribution in [0.25, 0.3) is 0 Å². The zero-order chi connectivity index (χ0) is 16.3. The van der Waals surface area contributed by atoms with E-state index >= 15 is 0 Å². The SMILES string of the molecule is CC(N)C1CCCN(C(=O)Nc2ccc(C(F)(F)F)cc2)C1. The van der Waals surface area contributed by atoms with E-state index in [0.717, 1.165) is 25.0 Å². The molecule has 1 aliphatic rings. The van der Waals surface area contributed by atoms with Gasteiger partial charge in [0, 0.05) is 24.8 Å². The lowest BCUT2D eigenvalue weighted by molar-refractivity contribution is -0.137. The number of carbonyl (C=O) groups is 1. The number of urea groups is 1. The summed E-state index contributed by atoms with van der Waals surface area (Å²) in [6, 6.07) is 4.14. The van der Waals surface area contributed by atoms with Crippen LogP contribution < -0.4 is 11.1 Å². The number of halogens is 3. The van der Waals surface area contributed by atoms with E-state index in [0.29, 0.717) is 18.8 Å². The van der Waals surface area contributed by atoms with E-state index in [1.165, 1.54) is 12.1 Å². The number of carbonyl (C=O) groups excluding carboxylic acids is 1. The molecule has 2 unspecified atom stereocenters. The van der Waals surface area contributed by atoms with Crippen LogP contribution >= 0.6 is 0 Å². The van der Waals surface area contributed by atoms with Crippen LogP contribution in [0.15, 0.2) is 24.3 Å². The first-order valence-electron chi connectivity index (χ1n) is 7.26. The Balaban J connectivity index is 1.97. The minimum atomic E-state index is -4.38. The number of alkyl halides is 3. The number of nitrogens with zero attached hydrogens (tertiary/aromatic N) is 1. The fourth-order valence-electron chi connectivity index (χ4n) is 2.57. The van der Waals surface area contributed by atoms with Gasteiger partial charge in [0.05, 0.1) is 5.56 Å². The lowest BCUT2D eigenvalue weighted by atomic mass is 9.92. The molecule has 0 radical (unpaired) electrons. The van der Waals surface area contributed by atoms with Gasteiger partial charge in [0.25, 0.3) is 0 Å². The number of nitrogens with two attached hydrogens (primary N) is 1. The van der Waals surface area contributed by atoms with E-state index in [9.17, 15) is 18.0 Å². The lowest BCUT2D eigenvalue weighted by Gasteiger charge is -2.34. The first-order chi connectivity index (χ1) is 10.3. The molecule has 22 heavy (non-hydrogen) atoms. The van der Waals surface area contributed by atoms with Crippen LogP contribution in [0, 0.1) is 5.92 Å². The Kier molecular flexibility index (Phi) is 4.95. The van der Waals surface area contributed by atoms with E-state index in [1.807, 2.05) is 6.92 Å². The Hall–Kier alpha value is -1.76. The molecule has 1 aliphatic heterocycles. The quantitative estimate of drug-likeness (QED) is 0.880. The molecule has 7 heteroatoms. The fraction of sp³-hybridized carbons (Fsp3) is 0.533. The minimum absolute atomic E-state index is 0.0154. The molecule has 1 saturated heterocycles. The highest BCUT2D eigenvalue weighted by atomic mass is 19.4. The molecule has 2 rings (SSSR count). The van der Waals surface area contributed by atoms with Crippen molar-refractivity contribution in [3.8, 4) is 0 Å². The Labute approximate surface area is 127 Å². The Morgan fingerprint density at radius 1 is 1.36 bits per heavy atom. The molecule has 0 spiro atoms. The molecular formula is C15H20F3N3O. The first kappa shape index (κ1) is 16.6. The van der Waals surface area contributed by atoms with E-state index in [-0.39, 0.29) is 18.0 Å². The molecule has 1 fully saturated rings. The molecule has 2 atom stereocenters. The summed E-state index contributed by atoms with van der Waals surface area (Å²) in [6.45, 7) is 3.13. The maximum atomic E-state index is 12.5. The second-order valence-corrected chi connectivity index (χ2v) is 5.71. The number of likely N-dealkylation sites (tertiary alicyclic amines) is 1. The summed E-state index contributed by atoms with van der Waals surface area (Å²) in [7, 11) is 0. The number of piperidine rings is 1. The van der Waals surface area contributed by atoms with Crippen LogP contribution in [-0.2, 0) is 6.18 Å². The monoisotopic (exact) mass is 315 g/mol. The fourth-order valence-corrected chi connectivity index (χ4v) is 2.57. The second-order valence-electron chi connectivity index (χ2n) is 5.71. The summed E-state index contributed by atoms with van der Waals surface area (Å²) in [6.07, 6.45) is -2.51. The summed E-state index contributed by atoms with van der Waals surface area (Å²) < 4.78 is 37.5. The number of amides is 2. The number of benzene rings is 1. The van der Waals surface area contributed by atoms with E-state index in [4.69, 9.17) is 5.73 Å². The Morgan fingerprint density at radius 2 is 2.00 bits per heavy atom. The van der Waals surface area contributed by atoms with Crippen molar-refractivity contribution in [2.24, 2.45) is 11.7 Å². The van der Waals surface area contributed by atoms with Crippen molar-refractivity contribution in [2.75, 3.05) is 18.4 Å². The number of anilines is 1. The molecule has 1 aromatic rings. The van der Waals surface area contributed by atoms with E-state index in [2.05, 4.69) is 5.32 Å². The van der Waals surface area contributed by atoms with E-state index in [1.54, 1.807) is 4.90 Å². The summed E-state index contributed by atoms with van der Waals surface area (Å²) >= 11 is 0. The maximum absolute atomic E-state index is 12.5. The van der Waals surface area contributed by atoms with Gasteiger partial charge < -0.3 is 16.0 Å². The van der Waals surface area contributed by atoms with Gasteiger partial charge in [-0.15, -0.1) is 0 Å². The van der Waals surface area contributed by atoms with Gasteiger partial charge in [0.2, 0.25) is 0 Å². The second kappa shape index (κ2) is 6.56. The first-order valence-corrected chi connectivity index (χ1v) is 7.26. The third-order valence-corrected chi connectivity index (χ3v) is 3.95. The smallest absolute Gasteiger partial charge is 0.328 e. The molecule has 0 aliphatic carbocycles. The van der Waals surface area contributed by atoms with Crippen molar-refractivity contribution in [2.45, 2.75) is 32.0 Å². The molecule has 3 N–H and O–H groups in total. The third kappa shape index (κ3) is 4.13. The van der Waals surface area contributed by atoms with Crippen molar-refractivity contribution >= 4 is 11.7 Å². The molecule has 2 amide bonds. The number of nitrogens with one attached hydrogen (secondary N) is 1. The predicted octanol–water partition coefficient (Wildman–Crippen LogP) is 3.30. The van der Waals surface area contributed by atoms with Gasteiger partial charge >= 0.3 is 12.2 Å². The standard InChI is InChI=1S/C15H20F3N3O/c1-10(19)11-3-2-8-21(9-11)14(22)20-13-6-4-12(5-7-13)15(16,17)18/h4-7,10-11H,2-3,8-9,19H2,1H3,(H,20,22). The van der Waals surface area contributed by atoms with E-state index < -0.39 is 11.7 Å². The van der Waals surface area contributed by atoms with Gasteiger partial charge in [-0.1, -0.05) is 0 Å². The predicted molar refractivity (Wildman–Crippen MR) is 78.4 cm³/mol. The largest absolute Gasteiger partial charge is 0.416 e. The topological polar surface area (TPSA) is 58.4 Å². The van der Waals surface area contributed by atoms with Crippen molar-refractivity contribution in [1.82, 2.24) is 4.90 Å². The summed E-state index contributed by atoms with van der Waals surface area (Å²) in [4.78, 5) is 13.8. The molecule has 1 heterocycles. The van der Waals surface area contributed by atoms with Crippen LogP contribution in [-0.4, -0.2) is 30.1 Å². The normalized spacial score (nSPS) is 20.6.